The van der Waals surface area contributed by atoms with Gasteiger partial charge in [0, 0.05) is 19.0 Å². The Morgan fingerprint density at radius 1 is 1.60 bits per heavy atom. The smallest absolute Gasteiger partial charge is 0.407 e. The minimum absolute atomic E-state index is 0.191. The lowest BCUT2D eigenvalue weighted by molar-refractivity contribution is -0.00559. The van der Waals surface area contributed by atoms with Gasteiger partial charge in [0.15, 0.2) is 0 Å². The van der Waals surface area contributed by atoms with Crippen molar-refractivity contribution in [3.63, 3.8) is 0 Å². The normalized spacial score (nSPS) is 19.7. The van der Waals surface area contributed by atoms with E-state index in [4.69, 9.17) is 10.2 Å². The Labute approximate surface area is 87.4 Å². The number of rotatable bonds is 4. The number of carbonyl (C=O) groups is 1. The zero-order valence-corrected chi connectivity index (χ0v) is 8.98. The molecule has 7 nitrogen and oxygen atoms in total. The van der Waals surface area contributed by atoms with Gasteiger partial charge in [0.2, 0.25) is 0 Å². The van der Waals surface area contributed by atoms with Crippen LogP contribution in [0.15, 0.2) is 0 Å². The second kappa shape index (κ2) is 4.33. The van der Waals surface area contributed by atoms with Gasteiger partial charge in [0.25, 0.3) is 10.1 Å². The summed E-state index contributed by atoms with van der Waals surface area (Å²) in [5.41, 5.74) is 0. The van der Waals surface area contributed by atoms with E-state index in [1.165, 1.54) is 0 Å². The van der Waals surface area contributed by atoms with Crippen molar-refractivity contribution < 1.29 is 27.6 Å². The fourth-order valence-electron chi connectivity index (χ4n) is 1.39. The lowest BCUT2D eigenvalue weighted by atomic mass is 9.95. The molecule has 1 aliphatic rings. The van der Waals surface area contributed by atoms with Crippen LogP contribution in [0.4, 0.5) is 4.79 Å². The molecule has 0 aromatic heterocycles. The molecule has 0 aliphatic carbocycles. The molecule has 1 atom stereocenters. The van der Waals surface area contributed by atoms with Gasteiger partial charge in [-0.25, -0.2) is 4.79 Å². The van der Waals surface area contributed by atoms with E-state index in [9.17, 15) is 13.2 Å². The van der Waals surface area contributed by atoms with Crippen LogP contribution in [0.1, 0.15) is 0 Å². The second-order valence-electron chi connectivity index (χ2n) is 3.47. The molecule has 0 saturated carbocycles. The molecule has 1 aliphatic heterocycles. The molecular formula is C7H13NO6S. The third-order valence-electron chi connectivity index (χ3n) is 2.18. The zero-order valence-electron chi connectivity index (χ0n) is 8.16. The molecule has 1 rings (SSSR count). The molecule has 0 radical (unpaired) electrons. The second-order valence-corrected chi connectivity index (χ2v) is 5.07. The van der Waals surface area contributed by atoms with E-state index in [0.717, 1.165) is 11.2 Å². The number of aliphatic hydroxyl groups excluding tert-OH is 1. The van der Waals surface area contributed by atoms with Gasteiger partial charge in [-0.2, -0.15) is 8.42 Å². The molecule has 88 valence electrons. The largest absolute Gasteiger partial charge is 0.465 e. The van der Waals surface area contributed by atoms with E-state index < -0.39 is 28.9 Å². The maximum Gasteiger partial charge on any atom is 0.407 e. The standard InChI is InChI=1S/C7H13NO6S/c1-15(12,13)14-6(4-9)5-2-8(3-5)7(10)11/h5-6,9H,2-4H2,1H3,(H,10,11). The number of hydrogen-bond acceptors (Lipinski definition) is 5. The monoisotopic (exact) mass is 239 g/mol. The van der Waals surface area contributed by atoms with Crippen LogP contribution in [0, 0.1) is 5.92 Å². The van der Waals surface area contributed by atoms with Crippen LogP contribution in [0.2, 0.25) is 0 Å². The predicted molar refractivity (Wildman–Crippen MR) is 49.9 cm³/mol. The van der Waals surface area contributed by atoms with Gasteiger partial charge in [0.05, 0.1) is 12.9 Å². The first-order valence-corrected chi connectivity index (χ1v) is 6.12. The van der Waals surface area contributed by atoms with Gasteiger partial charge in [-0.1, -0.05) is 0 Å². The highest BCUT2D eigenvalue weighted by Crippen LogP contribution is 2.22. The Bertz CT molecular complexity index is 333. The van der Waals surface area contributed by atoms with Crippen molar-refractivity contribution in [2.75, 3.05) is 26.0 Å². The molecule has 0 bridgehead atoms. The van der Waals surface area contributed by atoms with Crippen LogP contribution in [0.25, 0.3) is 0 Å². The topological polar surface area (TPSA) is 104 Å². The number of hydrogen-bond donors (Lipinski definition) is 2. The molecule has 8 heteroatoms. The molecule has 2 N–H and O–H groups in total. The molecular weight excluding hydrogens is 226 g/mol. The predicted octanol–water partition coefficient (Wildman–Crippen LogP) is -1.07. The summed E-state index contributed by atoms with van der Waals surface area (Å²) in [4.78, 5) is 11.6. The van der Waals surface area contributed by atoms with Crippen LogP contribution < -0.4 is 0 Å². The van der Waals surface area contributed by atoms with Crippen molar-refractivity contribution in [1.29, 1.82) is 0 Å². The van der Waals surface area contributed by atoms with Gasteiger partial charge in [-0.3, -0.25) is 4.18 Å². The number of likely N-dealkylation sites (tertiary alicyclic amines) is 1. The number of nitrogens with zero attached hydrogens (tertiary/aromatic N) is 1. The highest BCUT2D eigenvalue weighted by Gasteiger charge is 2.38. The van der Waals surface area contributed by atoms with E-state index in [1.807, 2.05) is 0 Å². The van der Waals surface area contributed by atoms with Crippen LogP contribution in [0.5, 0.6) is 0 Å². The Morgan fingerprint density at radius 2 is 2.13 bits per heavy atom. The maximum absolute atomic E-state index is 10.8. The van der Waals surface area contributed by atoms with Crippen molar-refractivity contribution in [2.24, 2.45) is 5.92 Å². The lowest BCUT2D eigenvalue weighted by Crippen LogP contribution is -2.55. The van der Waals surface area contributed by atoms with Crippen molar-refractivity contribution in [1.82, 2.24) is 4.90 Å². The number of amides is 1. The molecule has 0 aromatic rings. The fourth-order valence-corrected chi connectivity index (χ4v) is 2.05. The highest BCUT2D eigenvalue weighted by atomic mass is 32.2. The van der Waals surface area contributed by atoms with Crippen LogP contribution in [0.3, 0.4) is 0 Å². The van der Waals surface area contributed by atoms with E-state index in [1.54, 1.807) is 0 Å². The minimum Gasteiger partial charge on any atom is -0.465 e. The van der Waals surface area contributed by atoms with Gasteiger partial charge < -0.3 is 15.1 Å². The van der Waals surface area contributed by atoms with Crippen LogP contribution in [-0.2, 0) is 14.3 Å². The van der Waals surface area contributed by atoms with Crippen molar-refractivity contribution in [3.8, 4) is 0 Å². The molecule has 1 unspecified atom stereocenters. The number of carboxylic acid groups (broad SMARTS) is 1. The van der Waals surface area contributed by atoms with E-state index in [2.05, 4.69) is 4.18 Å². The van der Waals surface area contributed by atoms with Gasteiger partial charge in [-0.15, -0.1) is 0 Å². The summed E-state index contributed by atoms with van der Waals surface area (Å²) in [6.07, 6.45) is -1.01. The summed E-state index contributed by atoms with van der Waals surface area (Å²) in [6.45, 7) is -0.0582. The van der Waals surface area contributed by atoms with Gasteiger partial charge >= 0.3 is 6.09 Å². The third kappa shape index (κ3) is 3.33. The fraction of sp³-hybridized carbons (Fsp3) is 0.857. The van der Waals surface area contributed by atoms with Gasteiger partial charge in [0.1, 0.15) is 6.10 Å². The van der Waals surface area contributed by atoms with Crippen LogP contribution >= 0.6 is 0 Å². The molecule has 0 aromatic carbocycles. The summed E-state index contributed by atoms with van der Waals surface area (Å²) >= 11 is 0. The first-order valence-electron chi connectivity index (χ1n) is 4.30. The van der Waals surface area contributed by atoms with Crippen molar-refractivity contribution in [3.05, 3.63) is 0 Å². The average Bonchev–Trinajstić information content (AvgIpc) is 1.96. The molecule has 0 spiro atoms. The van der Waals surface area contributed by atoms with Gasteiger partial charge in [-0.05, 0) is 0 Å². The minimum atomic E-state index is -3.62. The number of aliphatic hydroxyl groups is 1. The molecule has 15 heavy (non-hydrogen) atoms. The Balaban J connectivity index is 2.46. The molecule has 1 saturated heterocycles. The first-order chi connectivity index (χ1) is 6.83. The summed E-state index contributed by atoms with van der Waals surface area (Å²) in [5, 5.41) is 17.4. The Kier molecular flexibility index (Phi) is 3.53. The van der Waals surface area contributed by atoms with Crippen LogP contribution in [-0.4, -0.2) is 61.7 Å². The first kappa shape index (κ1) is 12.2. The SMILES string of the molecule is CS(=O)(=O)OC(CO)C1CN(C(=O)O)C1. The highest BCUT2D eigenvalue weighted by molar-refractivity contribution is 7.86. The van der Waals surface area contributed by atoms with E-state index >= 15 is 0 Å². The summed E-state index contributed by atoms with van der Waals surface area (Å²) in [6, 6.07) is 0. The molecule has 1 heterocycles. The Morgan fingerprint density at radius 3 is 2.47 bits per heavy atom. The van der Waals surface area contributed by atoms with E-state index in [0.29, 0.717) is 0 Å². The van der Waals surface area contributed by atoms with Crippen molar-refractivity contribution in [2.45, 2.75) is 6.10 Å². The Hall–Kier alpha value is -0.860. The van der Waals surface area contributed by atoms with Crippen molar-refractivity contribution >= 4 is 16.2 Å². The summed E-state index contributed by atoms with van der Waals surface area (Å²) in [5.74, 6) is -0.263. The van der Waals surface area contributed by atoms with E-state index in [-0.39, 0.29) is 19.0 Å². The summed E-state index contributed by atoms with van der Waals surface area (Å²) in [7, 11) is -3.62. The third-order valence-corrected chi connectivity index (χ3v) is 2.78. The molecule has 1 fully saturated rings. The maximum atomic E-state index is 10.8. The lowest BCUT2D eigenvalue weighted by Gasteiger charge is -2.40. The summed E-state index contributed by atoms with van der Waals surface area (Å²) < 4.78 is 26.2. The quantitative estimate of drug-likeness (QED) is 0.605. The average molecular weight is 239 g/mol. The molecule has 1 amide bonds. The zero-order chi connectivity index (χ0) is 11.6.